The molecular weight excluding hydrogens is 172 g/mol. The summed E-state index contributed by atoms with van der Waals surface area (Å²) < 4.78 is 0. The Balaban J connectivity index is 1.81. The largest absolute Gasteiger partial charge is 0.317 e. The topological polar surface area (TPSA) is 24.1 Å². The van der Waals surface area contributed by atoms with Crippen LogP contribution in [-0.2, 0) is 0 Å². The number of hydrogen-bond acceptors (Lipinski definition) is 2. The second-order valence-electron chi connectivity index (χ2n) is 5.29. The minimum Gasteiger partial charge on any atom is -0.317 e. The molecule has 0 radical (unpaired) electrons. The van der Waals surface area contributed by atoms with E-state index >= 15 is 0 Å². The molecule has 1 aliphatic carbocycles. The smallest absolute Gasteiger partial charge is 0.0155 e. The summed E-state index contributed by atoms with van der Waals surface area (Å²) in [4.78, 5) is 0. The molecule has 0 aromatic heterocycles. The summed E-state index contributed by atoms with van der Waals surface area (Å²) in [5, 5.41) is 7.32. The van der Waals surface area contributed by atoms with Crippen LogP contribution in [0, 0.1) is 0 Å². The Bertz CT molecular complexity index is 167. The Labute approximate surface area is 87.8 Å². The summed E-state index contributed by atoms with van der Waals surface area (Å²) >= 11 is 0. The fourth-order valence-electron chi connectivity index (χ4n) is 2.94. The third-order valence-electron chi connectivity index (χ3n) is 3.85. The average Bonchev–Trinajstić information content (AvgIpc) is 2.19. The highest BCUT2D eigenvalue weighted by molar-refractivity contribution is 4.90. The van der Waals surface area contributed by atoms with Crippen molar-refractivity contribution in [3.8, 4) is 0 Å². The predicted molar refractivity (Wildman–Crippen MR) is 60.5 cm³/mol. The van der Waals surface area contributed by atoms with Gasteiger partial charge < -0.3 is 10.6 Å². The van der Waals surface area contributed by atoms with Crippen LogP contribution in [0.25, 0.3) is 0 Å². The molecule has 0 spiro atoms. The minimum atomic E-state index is 0.459. The standard InChI is InChI=1S/C12H24N2/c1-12(7-3-2-4-8-12)14-11-5-9-13-10-6-11/h11,13-14H,2-10H2,1H3. The lowest BCUT2D eigenvalue weighted by atomic mass is 9.82. The van der Waals surface area contributed by atoms with E-state index in [0.29, 0.717) is 5.54 Å². The molecule has 1 saturated carbocycles. The van der Waals surface area contributed by atoms with Gasteiger partial charge in [-0.05, 0) is 45.7 Å². The maximum atomic E-state index is 3.89. The van der Waals surface area contributed by atoms with Gasteiger partial charge in [0, 0.05) is 11.6 Å². The molecule has 2 aliphatic rings. The quantitative estimate of drug-likeness (QED) is 0.706. The predicted octanol–water partition coefficient (Wildman–Crippen LogP) is 2.05. The van der Waals surface area contributed by atoms with Crippen molar-refractivity contribution in [3.05, 3.63) is 0 Å². The maximum Gasteiger partial charge on any atom is 0.0155 e. The fraction of sp³-hybridized carbons (Fsp3) is 1.00. The van der Waals surface area contributed by atoms with E-state index in [1.807, 2.05) is 0 Å². The Morgan fingerprint density at radius 1 is 1.07 bits per heavy atom. The van der Waals surface area contributed by atoms with Gasteiger partial charge >= 0.3 is 0 Å². The van der Waals surface area contributed by atoms with E-state index < -0.39 is 0 Å². The van der Waals surface area contributed by atoms with E-state index in [1.54, 1.807) is 0 Å². The fourth-order valence-corrected chi connectivity index (χ4v) is 2.94. The van der Waals surface area contributed by atoms with Crippen molar-refractivity contribution in [3.63, 3.8) is 0 Å². The first-order valence-electron chi connectivity index (χ1n) is 6.27. The first-order valence-corrected chi connectivity index (χ1v) is 6.27. The third-order valence-corrected chi connectivity index (χ3v) is 3.85. The number of hydrogen-bond donors (Lipinski definition) is 2. The van der Waals surface area contributed by atoms with Crippen molar-refractivity contribution < 1.29 is 0 Å². The molecule has 0 bridgehead atoms. The molecule has 1 aliphatic heterocycles. The van der Waals surface area contributed by atoms with E-state index in [-0.39, 0.29) is 0 Å². The highest BCUT2D eigenvalue weighted by Gasteiger charge is 2.29. The molecular formula is C12H24N2. The SMILES string of the molecule is CC1(NC2CCNCC2)CCCCC1. The zero-order valence-electron chi connectivity index (χ0n) is 9.44. The Kier molecular flexibility index (Phi) is 3.45. The van der Waals surface area contributed by atoms with Crippen molar-refractivity contribution >= 4 is 0 Å². The van der Waals surface area contributed by atoms with E-state index in [9.17, 15) is 0 Å². The van der Waals surface area contributed by atoms with Crippen molar-refractivity contribution in [2.24, 2.45) is 0 Å². The molecule has 0 atom stereocenters. The number of piperidine rings is 1. The molecule has 82 valence electrons. The monoisotopic (exact) mass is 196 g/mol. The first kappa shape index (κ1) is 10.4. The van der Waals surface area contributed by atoms with Crippen LogP contribution >= 0.6 is 0 Å². The molecule has 0 unspecified atom stereocenters. The molecule has 14 heavy (non-hydrogen) atoms. The molecule has 2 rings (SSSR count). The van der Waals surface area contributed by atoms with Gasteiger partial charge in [-0.3, -0.25) is 0 Å². The zero-order chi connectivity index (χ0) is 9.86. The molecule has 2 fully saturated rings. The molecule has 1 heterocycles. The second kappa shape index (κ2) is 4.63. The van der Waals surface area contributed by atoms with Gasteiger partial charge in [0.15, 0.2) is 0 Å². The van der Waals surface area contributed by atoms with Crippen LogP contribution < -0.4 is 10.6 Å². The van der Waals surface area contributed by atoms with E-state index in [4.69, 9.17) is 0 Å². The van der Waals surface area contributed by atoms with Gasteiger partial charge in [0.1, 0.15) is 0 Å². The first-order chi connectivity index (χ1) is 6.79. The zero-order valence-corrected chi connectivity index (χ0v) is 9.44. The minimum absolute atomic E-state index is 0.459. The van der Waals surface area contributed by atoms with Gasteiger partial charge in [0.05, 0.1) is 0 Å². The van der Waals surface area contributed by atoms with Crippen LogP contribution in [-0.4, -0.2) is 24.7 Å². The van der Waals surface area contributed by atoms with Crippen LogP contribution in [0.5, 0.6) is 0 Å². The molecule has 1 saturated heterocycles. The summed E-state index contributed by atoms with van der Waals surface area (Å²) in [7, 11) is 0. The maximum absolute atomic E-state index is 3.89. The van der Waals surface area contributed by atoms with E-state index in [1.165, 1.54) is 58.0 Å². The van der Waals surface area contributed by atoms with Crippen LogP contribution in [0.1, 0.15) is 51.9 Å². The average molecular weight is 196 g/mol. The van der Waals surface area contributed by atoms with Crippen LogP contribution in [0.2, 0.25) is 0 Å². The summed E-state index contributed by atoms with van der Waals surface area (Å²) in [6.07, 6.45) is 9.70. The summed E-state index contributed by atoms with van der Waals surface area (Å²) in [6.45, 7) is 4.83. The highest BCUT2D eigenvalue weighted by atomic mass is 15.0. The summed E-state index contributed by atoms with van der Waals surface area (Å²) in [6, 6.07) is 0.777. The van der Waals surface area contributed by atoms with Gasteiger partial charge in [0.2, 0.25) is 0 Å². The van der Waals surface area contributed by atoms with E-state index in [2.05, 4.69) is 17.6 Å². The molecule has 0 amide bonds. The van der Waals surface area contributed by atoms with Gasteiger partial charge in [-0.15, -0.1) is 0 Å². The van der Waals surface area contributed by atoms with Gasteiger partial charge in [-0.1, -0.05) is 19.3 Å². The number of nitrogens with one attached hydrogen (secondary N) is 2. The number of rotatable bonds is 2. The van der Waals surface area contributed by atoms with Gasteiger partial charge in [0.25, 0.3) is 0 Å². The molecule has 2 nitrogen and oxygen atoms in total. The van der Waals surface area contributed by atoms with Crippen molar-refractivity contribution in [2.45, 2.75) is 63.5 Å². The van der Waals surface area contributed by atoms with Crippen molar-refractivity contribution in [1.82, 2.24) is 10.6 Å². The molecule has 0 aromatic rings. The van der Waals surface area contributed by atoms with Crippen LogP contribution in [0.3, 0.4) is 0 Å². The van der Waals surface area contributed by atoms with Crippen molar-refractivity contribution in [1.29, 1.82) is 0 Å². The molecule has 2 heteroatoms. The third kappa shape index (κ3) is 2.71. The van der Waals surface area contributed by atoms with Gasteiger partial charge in [-0.25, -0.2) is 0 Å². The molecule has 0 aromatic carbocycles. The van der Waals surface area contributed by atoms with Crippen LogP contribution in [0.15, 0.2) is 0 Å². The Hall–Kier alpha value is -0.0800. The summed E-state index contributed by atoms with van der Waals surface area (Å²) in [5.41, 5.74) is 0.459. The lowest BCUT2D eigenvalue weighted by molar-refractivity contribution is 0.209. The van der Waals surface area contributed by atoms with Gasteiger partial charge in [-0.2, -0.15) is 0 Å². The Morgan fingerprint density at radius 3 is 2.36 bits per heavy atom. The second-order valence-corrected chi connectivity index (χ2v) is 5.29. The normalized spacial score (nSPS) is 28.9. The lowest BCUT2D eigenvalue weighted by Gasteiger charge is -2.39. The van der Waals surface area contributed by atoms with Crippen LogP contribution in [0.4, 0.5) is 0 Å². The lowest BCUT2D eigenvalue weighted by Crippen LogP contribution is -2.52. The van der Waals surface area contributed by atoms with E-state index in [0.717, 1.165) is 6.04 Å². The van der Waals surface area contributed by atoms with Crippen molar-refractivity contribution in [2.75, 3.05) is 13.1 Å². The summed E-state index contributed by atoms with van der Waals surface area (Å²) in [5.74, 6) is 0. The molecule has 2 N–H and O–H groups in total. The Morgan fingerprint density at radius 2 is 1.71 bits per heavy atom. The highest BCUT2D eigenvalue weighted by Crippen LogP contribution is 2.28.